The first-order valence-electron chi connectivity index (χ1n) is 10.9. The number of nitrogens with zero attached hydrogens (tertiary/aromatic N) is 1. The van der Waals surface area contributed by atoms with Gasteiger partial charge in [0.2, 0.25) is 10.0 Å². The molecular formula is C25H25ClN2O5S. The number of piperidine rings is 1. The van der Waals surface area contributed by atoms with Gasteiger partial charge < -0.3 is 14.8 Å². The number of para-hydroxylation sites is 1. The van der Waals surface area contributed by atoms with Crippen molar-refractivity contribution >= 4 is 33.2 Å². The lowest BCUT2D eigenvalue weighted by Gasteiger charge is -2.26. The Hall–Kier alpha value is -3.07. The second-order valence-electron chi connectivity index (χ2n) is 7.84. The van der Waals surface area contributed by atoms with Gasteiger partial charge >= 0.3 is 0 Å². The molecule has 4 rings (SSSR count). The van der Waals surface area contributed by atoms with Gasteiger partial charge in [-0.05, 0) is 61.4 Å². The summed E-state index contributed by atoms with van der Waals surface area (Å²) in [6.45, 7) is 0.898. The topological polar surface area (TPSA) is 84.9 Å². The van der Waals surface area contributed by atoms with Crippen molar-refractivity contribution in [1.82, 2.24) is 4.31 Å². The first-order valence-corrected chi connectivity index (χ1v) is 12.7. The van der Waals surface area contributed by atoms with E-state index in [9.17, 15) is 13.2 Å². The standard InChI is InChI=1S/C25H25ClN2O5S/c1-32-23-12-10-18(16-24(23)34(30,31)28-14-6-3-7-15-28)25(29)27-21-17-19(26)11-13-22(21)33-20-8-4-2-5-9-20/h2,4-5,8-13,16-17H,3,6-7,14-15H2,1H3,(H,27,29). The van der Waals surface area contributed by atoms with Crippen molar-refractivity contribution in [2.75, 3.05) is 25.5 Å². The van der Waals surface area contributed by atoms with Crippen molar-refractivity contribution in [1.29, 1.82) is 0 Å². The maximum Gasteiger partial charge on any atom is 0.255 e. The number of sulfonamides is 1. The van der Waals surface area contributed by atoms with Crippen LogP contribution in [0.25, 0.3) is 0 Å². The summed E-state index contributed by atoms with van der Waals surface area (Å²) >= 11 is 6.15. The van der Waals surface area contributed by atoms with Gasteiger partial charge in [-0.3, -0.25) is 4.79 Å². The SMILES string of the molecule is COc1ccc(C(=O)Nc2cc(Cl)ccc2Oc2ccccc2)cc1S(=O)(=O)N1CCCCC1. The van der Waals surface area contributed by atoms with Crippen LogP contribution < -0.4 is 14.8 Å². The third kappa shape index (κ3) is 5.35. The van der Waals surface area contributed by atoms with E-state index in [1.807, 2.05) is 18.2 Å². The minimum atomic E-state index is -3.81. The zero-order valence-corrected chi connectivity index (χ0v) is 20.2. The van der Waals surface area contributed by atoms with E-state index in [0.29, 0.717) is 35.3 Å². The number of benzene rings is 3. The average Bonchev–Trinajstić information content (AvgIpc) is 2.86. The molecule has 0 bridgehead atoms. The largest absolute Gasteiger partial charge is 0.495 e. The number of nitrogens with one attached hydrogen (secondary N) is 1. The maximum atomic E-state index is 13.3. The van der Waals surface area contributed by atoms with Crippen molar-refractivity contribution in [3.05, 3.63) is 77.3 Å². The van der Waals surface area contributed by atoms with E-state index in [1.165, 1.54) is 29.6 Å². The van der Waals surface area contributed by atoms with Gasteiger partial charge in [0.15, 0.2) is 5.75 Å². The minimum absolute atomic E-state index is 0.0311. The Kier molecular flexibility index (Phi) is 7.41. The lowest BCUT2D eigenvalue weighted by molar-refractivity contribution is 0.102. The van der Waals surface area contributed by atoms with Gasteiger partial charge in [-0.25, -0.2) is 8.42 Å². The predicted octanol–water partition coefficient (Wildman–Crippen LogP) is 5.57. The summed E-state index contributed by atoms with van der Waals surface area (Å²) in [6, 6.07) is 18.4. The Morgan fingerprint density at radius 1 is 0.941 bits per heavy atom. The van der Waals surface area contributed by atoms with Crippen LogP contribution in [0.3, 0.4) is 0 Å². The molecule has 1 N–H and O–H groups in total. The Morgan fingerprint density at radius 2 is 1.65 bits per heavy atom. The molecule has 1 heterocycles. The molecule has 1 aliphatic rings. The Labute approximate surface area is 204 Å². The second kappa shape index (κ2) is 10.5. The first kappa shape index (κ1) is 24.1. The van der Waals surface area contributed by atoms with Crippen molar-refractivity contribution in [3.8, 4) is 17.2 Å². The van der Waals surface area contributed by atoms with Crippen LogP contribution in [-0.4, -0.2) is 38.8 Å². The summed E-state index contributed by atoms with van der Waals surface area (Å²) in [6.07, 6.45) is 2.61. The van der Waals surface area contributed by atoms with Crippen LogP contribution in [0, 0.1) is 0 Å². The van der Waals surface area contributed by atoms with Gasteiger partial charge in [-0.2, -0.15) is 4.31 Å². The third-order valence-electron chi connectivity index (χ3n) is 5.52. The highest BCUT2D eigenvalue weighted by Crippen LogP contribution is 2.33. The smallest absolute Gasteiger partial charge is 0.255 e. The van der Waals surface area contributed by atoms with E-state index in [1.54, 1.807) is 30.3 Å². The second-order valence-corrected chi connectivity index (χ2v) is 10.2. The number of hydrogen-bond donors (Lipinski definition) is 1. The summed E-state index contributed by atoms with van der Waals surface area (Å²) in [4.78, 5) is 13.1. The van der Waals surface area contributed by atoms with Crippen molar-refractivity contribution in [2.45, 2.75) is 24.2 Å². The highest BCUT2D eigenvalue weighted by atomic mass is 35.5. The molecule has 34 heavy (non-hydrogen) atoms. The van der Waals surface area contributed by atoms with E-state index in [4.69, 9.17) is 21.1 Å². The van der Waals surface area contributed by atoms with Crippen LogP contribution in [0.2, 0.25) is 5.02 Å². The zero-order chi connectivity index (χ0) is 24.1. The van der Waals surface area contributed by atoms with Gasteiger partial charge in [0.05, 0.1) is 12.8 Å². The van der Waals surface area contributed by atoms with E-state index in [-0.39, 0.29) is 16.2 Å². The number of amides is 1. The van der Waals surface area contributed by atoms with Gasteiger partial charge in [0, 0.05) is 23.7 Å². The Bertz CT molecular complexity index is 1280. The number of anilines is 1. The number of carbonyl (C=O) groups is 1. The number of methoxy groups -OCH3 is 1. The summed E-state index contributed by atoms with van der Waals surface area (Å²) in [7, 11) is -2.40. The number of ether oxygens (including phenoxy) is 2. The molecule has 0 spiro atoms. The molecule has 0 saturated carbocycles. The molecule has 0 radical (unpaired) electrons. The molecule has 7 nitrogen and oxygen atoms in total. The van der Waals surface area contributed by atoms with Crippen LogP contribution in [0.15, 0.2) is 71.6 Å². The number of halogens is 1. The Morgan fingerprint density at radius 3 is 2.35 bits per heavy atom. The normalized spacial score (nSPS) is 14.4. The van der Waals surface area contributed by atoms with Crippen LogP contribution in [0.1, 0.15) is 29.6 Å². The molecule has 178 valence electrons. The first-order chi connectivity index (χ1) is 16.4. The highest BCUT2D eigenvalue weighted by Gasteiger charge is 2.30. The van der Waals surface area contributed by atoms with E-state index in [2.05, 4.69) is 5.32 Å². The van der Waals surface area contributed by atoms with Crippen molar-refractivity contribution < 1.29 is 22.7 Å². The monoisotopic (exact) mass is 500 g/mol. The Balaban J connectivity index is 1.63. The number of hydrogen-bond acceptors (Lipinski definition) is 5. The molecule has 1 aliphatic heterocycles. The summed E-state index contributed by atoms with van der Waals surface area (Å²) < 4.78 is 39.2. The molecule has 0 atom stereocenters. The highest BCUT2D eigenvalue weighted by molar-refractivity contribution is 7.89. The van der Waals surface area contributed by atoms with Gasteiger partial charge in [0.25, 0.3) is 5.91 Å². The van der Waals surface area contributed by atoms with Crippen LogP contribution in [-0.2, 0) is 10.0 Å². The quantitative estimate of drug-likeness (QED) is 0.458. The molecule has 1 saturated heterocycles. The van der Waals surface area contributed by atoms with Gasteiger partial charge in [0.1, 0.15) is 16.4 Å². The molecule has 0 unspecified atom stereocenters. The molecule has 3 aromatic carbocycles. The fourth-order valence-corrected chi connectivity index (χ4v) is 5.63. The fourth-order valence-electron chi connectivity index (χ4n) is 3.76. The molecule has 3 aromatic rings. The van der Waals surface area contributed by atoms with Crippen LogP contribution in [0.5, 0.6) is 17.2 Å². The molecular weight excluding hydrogens is 476 g/mol. The lowest BCUT2D eigenvalue weighted by Crippen LogP contribution is -2.35. The summed E-state index contributed by atoms with van der Waals surface area (Å²) in [5, 5.41) is 3.20. The molecule has 9 heteroatoms. The third-order valence-corrected chi connectivity index (χ3v) is 7.67. The number of rotatable bonds is 7. The lowest BCUT2D eigenvalue weighted by atomic mass is 10.2. The predicted molar refractivity (Wildman–Crippen MR) is 132 cm³/mol. The summed E-state index contributed by atoms with van der Waals surface area (Å²) in [5.41, 5.74) is 0.527. The molecule has 0 aliphatic carbocycles. The maximum absolute atomic E-state index is 13.3. The van der Waals surface area contributed by atoms with Gasteiger partial charge in [-0.1, -0.05) is 36.2 Å². The van der Waals surface area contributed by atoms with Crippen LogP contribution in [0.4, 0.5) is 5.69 Å². The fraction of sp³-hybridized carbons (Fsp3) is 0.240. The van der Waals surface area contributed by atoms with Gasteiger partial charge in [-0.15, -0.1) is 0 Å². The average molecular weight is 501 g/mol. The van der Waals surface area contributed by atoms with Crippen molar-refractivity contribution in [2.24, 2.45) is 0 Å². The summed E-state index contributed by atoms with van der Waals surface area (Å²) in [5.74, 6) is 0.689. The molecule has 1 fully saturated rings. The molecule has 1 amide bonds. The zero-order valence-electron chi connectivity index (χ0n) is 18.7. The molecule has 0 aromatic heterocycles. The van der Waals surface area contributed by atoms with E-state index < -0.39 is 15.9 Å². The van der Waals surface area contributed by atoms with E-state index >= 15 is 0 Å². The number of carbonyl (C=O) groups excluding carboxylic acids is 1. The minimum Gasteiger partial charge on any atom is -0.495 e. The van der Waals surface area contributed by atoms with E-state index in [0.717, 1.165) is 19.3 Å². The van der Waals surface area contributed by atoms with Crippen LogP contribution >= 0.6 is 11.6 Å². The van der Waals surface area contributed by atoms with Crippen molar-refractivity contribution in [3.63, 3.8) is 0 Å².